The average Bonchev–Trinajstić information content (AvgIpc) is 2.58. The first-order valence-electron chi connectivity index (χ1n) is 6.81. The van der Waals surface area contributed by atoms with Gasteiger partial charge in [-0.05, 0) is 12.3 Å². The maximum absolute atomic E-state index is 4.53. The quantitative estimate of drug-likeness (QED) is 0.790. The van der Waals surface area contributed by atoms with E-state index in [2.05, 4.69) is 49.7 Å². The molecule has 1 heterocycles. The van der Waals surface area contributed by atoms with Gasteiger partial charge in [-0.15, -0.1) is 0 Å². The molecule has 0 aromatic carbocycles. The highest BCUT2D eigenvalue weighted by atomic mass is 15.3. The van der Waals surface area contributed by atoms with Crippen molar-refractivity contribution in [2.75, 3.05) is 0 Å². The molecule has 0 bridgehead atoms. The van der Waals surface area contributed by atoms with Crippen molar-refractivity contribution in [2.24, 2.45) is 5.92 Å². The van der Waals surface area contributed by atoms with E-state index in [4.69, 9.17) is 0 Å². The van der Waals surface area contributed by atoms with Crippen LogP contribution in [0.4, 0.5) is 0 Å². The third-order valence-electron chi connectivity index (χ3n) is 2.76. The Morgan fingerprint density at radius 3 is 2.53 bits per heavy atom. The Kier molecular flexibility index (Phi) is 5.69. The minimum atomic E-state index is 0.526. The van der Waals surface area contributed by atoms with Gasteiger partial charge in [-0.25, -0.2) is 0 Å². The zero-order valence-corrected chi connectivity index (χ0v) is 12.0. The fraction of sp³-hybridized carbons (Fsp3) is 0.786. The molecule has 0 saturated carbocycles. The van der Waals surface area contributed by atoms with Crippen molar-refractivity contribution >= 4 is 0 Å². The van der Waals surface area contributed by atoms with Crippen molar-refractivity contribution in [3.63, 3.8) is 0 Å². The van der Waals surface area contributed by atoms with Crippen molar-refractivity contribution < 1.29 is 0 Å². The van der Waals surface area contributed by atoms with E-state index in [-0.39, 0.29) is 0 Å². The molecule has 1 N–H and O–H groups in total. The van der Waals surface area contributed by atoms with Gasteiger partial charge >= 0.3 is 0 Å². The summed E-state index contributed by atoms with van der Waals surface area (Å²) in [4.78, 5) is 0. The second kappa shape index (κ2) is 6.80. The topological polar surface area (TPSA) is 29.9 Å². The molecule has 0 unspecified atom stereocenters. The molecule has 0 radical (unpaired) electrons. The lowest BCUT2D eigenvalue weighted by atomic mass is 10.1. The van der Waals surface area contributed by atoms with E-state index >= 15 is 0 Å². The van der Waals surface area contributed by atoms with Crippen molar-refractivity contribution in [1.29, 1.82) is 0 Å². The van der Waals surface area contributed by atoms with Crippen LogP contribution in [0.5, 0.6) is 0 Å². The van der Waals surface area contributed by atoms with Crippen molar-refractivity contribution in [1.82, 2.24) is 15.1 Å². The fourth-order valence-corrected chi connectivity index (χ4v) is 1.94. The number of nitrogens with zero attached hydrogens (tertiary/aromatic N) is 2. The monoisotopic (exact) mass is 237 g/mol. The Hall–Kier alpha value is -0.830. The largest absolute Gasteiger partial charge is 0.310 e. The van der Waals surface area contributed by atoms with Crippen LogP contribution in [0.1, 0.15) is 52.3 Å². The predicted molar refractivity (Wildman–Crippen MR) is 73.0 cm³/mol. The lowest BCUT2D eigenvalue weighted by Gasteiger charge is -2.12. The van der Waals surface area contributed by atoms with Crippen LogP contribution in [-0.4, -0.2) is 15.8 Å². The van der Waals surface area contributed by atoms with E-state index in [1.807, 2.05) is 6.20 Å². The van der Waals surface area contributed by atoms with Gasteiger partial charge in [0.2, 0.25) is 0 Å². The maximum Gasteiger partial charge on any atom is 0.0537 e. The summed E-state index contributed by atoms with van der Waals surface area (Å²) in [5.74, 6) is 0.649. The van der Waals surface area contributed by atoms with Gasteiger partial charge in [-0.3, -0.25) is 4.68 Å². The summed E-state index contributed by atoms with van der Waals surface area (Å²) in [6.45, 7) is 13.0. The zero-order chi connectivity index (χ0) is 12.8. The number of rotatable bonds is 7. The summed E-state index contributed by atoms with van der Waals surface area (Å²) < 4.78 is 2.19. The third-order valence-corrected chi connectivity index (χ3v) is 2.76. The molecule has 0 atom stereocenters. The van der Waals surface area contributed by atoms with Gasteiger partial charge in [-0.1, -0.05) is 41.0 Å². The Labute approximate surface area is 106 Å². The first-order chi connectivity index (χ1) is 8.04. The molecule has 0 amide bonds. The van der Waals surface area contributed by atoms with E-state index < -0.39 is 0 Å². The van der Waals surface area contributed by atoms with Crippen molar-refractivity contribution in [3.8, 4) is 0 Å². The van der Waals surface area contributed by atoms with Gasteiger partial charge in [0.05, 0.1) is 6.20 Å². The van der Waals surface area contributed by atoms with Gasteiger partial charge in [0, 0.05) is 30.4 Å². The Bertz CT molecular complexity index is 326. The standard InChI is InChI=1S/C14H27N3/c1-6-7-14-13(8-15-12(4)5)9-16-17(14)10-11(2)3/h9,11-12,15H,6-8,10H2,1-5H3. The van der Waals surface area contributed by atoms with Crippen LogP contribution in [0, 0.1) is 5.92 Å². The van der Waals surface area contributed by atoms with Gasteiger partial charge in [0.25, 0.3) is 0 Å². The zero-order valence-electron chi connectivity index (χ0n) is 12.0. The first-order valence-corrected chi connectivity index (χ1v) is 6.81. The van der Waals surface area contributed by atoms with E-state index in [9.17, 15) is 0 Å². The second-order valence-electron chi connectivity index (χ2n) is 5.48. The minimum Gasteiger partial charge on any atom is -0.310 e. The molecule has 0 aliphatic heterocycles. The molecule has 98 valence electrons. The second-order valence-corrected chi connectivity index (χ2v) is 5.48. The molecule has 1 aromatic rings. The highest BCUT2D eigenvalue weighted by molar-refractivity contribution is 5.18. The number of aromatic nitrogens is 2. The van der Waals surface area contributed by atoms with Gasteiger partial charge in [0.15, 0.2) is 0 Å². The molecule has 0 fully saturated rings. The Morgan fingerprint density at radius 1 is 1.29 bits per heavy atom. The molecule has 3 heteroatoms. The van der Waals surface area contributed by atoms with E-state index in [0.717, 1.165) is 19.5 Å². The van der Waals surface area contributed by atoms with Crippen LogP contribution in [0.2, 0.25) is 0 Å². The summed E-state index contributed by atoms with van der Waals surface area (Å²) in [6, 6.07) is 0.526. The SMILES string of the molecule is CCCc1c(CNC(C)C)cnn1CC(C)C. The van der Waals surface area contributed by atoms with Crippen LogP contribution in [0.3, 0.4) is 0 Å². The summed E-state index contributed by atoms with van der Waals surface area (Å²) in [7, 11) is 0. The highest BCUT2D eigenvalue weighted by Crippen LogP contribution is 2.13. The molecule has 1 rings (SSSR count). The van der Waals surface area contributed by atoms with Gasteiger partial charge < -0.3 is 5.32 Å². The smallest absolute Gasteiger partial charge is 0.0537 e. The van der Waals surface area contributed by atoms with Crippen molar-refractivity contribution in [2.45, 2.75) is 66.6 Å². The van der Waals surface area contributed by atoms with Gasteiger partial charge in [-0.2, -0.15) is 5.10 Å². The van der Waals surface area contributed by atoms with E-state index in [1.165, 1.54) is 17.7 Å². The lowest BCUT2D eigenvalue weighted by Crippen LogP contribution is -2.22. The van der Waals surface area contributed by atoms with Crippen LogP contribution >= 0.6 is 0 Å². The number of hydrogen-bond acceptors (Lipinski definition) is 2. The summed E-state index contributed by atoms with van der Waals surface area (Å²) >= 11 is 0. The highest BCUT2D eigenvalue weighted by Gasteiger charge is 2.11. The number of hydrogen-bond donors (Lipinski definition) is 1. The molecule has 0 saturated heterocycles. The fourth-order valence-electron chi connectivity index (χ4n) is 1.94. The third kappa shape index (κ3) is 4.50. The van der Waals surface area contributed by atoms with Crippen LogP contribution < -0.4 is 5.32 Å². The molecule has 17 heavy (non-hydrogen) atoms. The first kappa shape index (κ1) is 14.2. The predicted octanol–water partition coefficient (Wildman–Crippen LogP) is 2.99. The van der Waals surface area contributed by atoms with E-state index in [1.54, 1.807) is 0 Å². The molecule has 0 aliphatic rings. The summed E-state index contributed by atoms with van der Waals surface area (Å²) in [5, 5.41) is 8.00. The molecule has 1 aromatic heterocycles. The normalized spacial score (nSPS) is 11.7. The Balaban J connectivity index is 2.78. The van der Waals surface area contributed by atoms with E-state index in [0.29, 0.717) is 12.0 Å². The minimum absolute atomic E-state index is 0.526. The summed E-state index contributed by atoms with van der Waals surface area (Å²) in [5.41, 5.74) is 2.77. The maximum atomic E-state index is 4.53. The van der Waals surface area contributed by atoms with Gasteiger partial charge in [0.1, 0.15) is 0 Å². The molecule has 3 nitrogen and oxygen atoms in total. The molecular weight excluding hydrogens is 210 g/mol. The molecular formula is C14H27N3. The van der Waals surface area contributed by atoms with Crippen LogP contribution in [0.25, 0.3) is 0 Å². The molecule has 0 spiro atoms. The average molecular weight is 237 g/mol. The lowest BCUT2D eigenvalue weighted by molar-refractivity contribution is 0.466. The molecule has 0 aliphatic carbocycles. The van der Waals surface area contributed by atoms with Crippen LogP contribution in [-0.2, 0) is 19.5 Å². The van der Waals surface area contributed by atoms with Crippen molar-refractivity contribution in [3.05, 3.63) is 17.5 Å². The Morgan fingerprint density at radius 2 is 2.00 bits per heavy atom. The summed E-state index contributed by atoms with van der Waals surface area (Å²) in [6.07, 6.45) is 4.34. The number of nitrogens with one attached hydrogen (secondary N) is 1. The van der Waals surface area contributed by atoms with Crippen LogP contribution in [0.15, 0.2) is 6.20 Å².